The van der Waals surface area contributed by atoms with E-state index in [1.165, 1.54) is 0 Å². The molecule has 70 valence electrons. The molecule has 0 aromatic heterocycles. The predicted molar refractivity (Wildman–Crippen MR) is 50.2 cm³/mol. The Balaban J connectivity index is 3.94. The van der Waals surface area contributed by atoms with Gasteiger partial charge in [0.15, 0.2) is 0 Å². The molecular weight excluding hydrogens is 152 g/mol. The third kappa shape index (κ3) is 4.94. The molecule has 0 aliphatic rings. The average Bonchev–Trinajstić information content (AvgIpc) is 2.04. The van der Waals surface area contributed by atoms with E-state index in [0.717, 1.165) is 25.7 Å². The van der Waals surface area contributed by atoms with E-state index >= 15 is 0 Å². The van der Waals surface area contributed by atoms with E-state index < -0.39 is 5.97 Å². The maximum atomic E-state index is 10.6. The number of carboxylic acids is 1. The van der Waals surface area contributed by atoms with E-state index in [0.29, 0.717) is 12.0 Å². The van der Waals surface area contributed by atoms with Gasteiger partial charge in [0, 0.05) is 5.57 Å². The highest BCUT2D eigenvalue weighted by Gasteiger charge is 2.04. The van der Waals surface area contributed by atoms with Crippen molar-refractivity contribution in [1.29, 1.82) is 0 Å². The second kappa shape index (κ2) is 6.89. The standard InChI is InChI=1S/C10H18O2/c1-3-5-7-9(10(11)12)8-6-4-2/h7H,3-6,8H2,1-2H3,(H,11,12)/b9-7+. The molecule has 0 fully saturated rings. The van der Waals surface area contributed by atoms with Crippen LogP contribution in [-0.2, 0) is 4.79 Å². The first kappa shape index (κ1) is 11.2. The van der Waals surface area contributed by atoms with E-state index in [2.05, 4.69) is 13.8 Å². The SMILES string of the molecule is CCC/C=C(\CCCC)C(=O)O. The number of aliphatic carboxylic acids is 1. The summed E-state index contributed by atoms with van der Waals surface area (Å²) in [5.41, 5.74) is 0.582. The fourth-order valence-corrected chi connectivity index (χ4v) is 0.982. The Kier molecular flexibility index (Phi) is 6.44. The van der Waals surface area contributed by atoms with Crippen LogP contribution in [0.5, 0.6) is 0 Å². The smallest absolute Gasteiger partial charge is 0.331 e. The molecule has 0 aromatic rings. The van der Waals surface area contributed by atoms with Gasteiger partial charge in [0.05, 0.1) is 0 Å². The summed E-state index contributed by atoms with van der Waals surface area (Å²) in [5, 5.41) is 8.76. The first-order chi connectivity index (χ1) is 5.72. The molecule has 0 unspecified atom stereocenters. The van der Waals surface area contributed by atoms with Crippen molar-refractivity contribution in [2.75, 3.05) is 0 Å². The van der Waals surface area contributed by atoms with Crippen molar-refractivity contribution in [2.24, 2.45) is 0 Å². The van der Waals surface area contributed by atoms with Crippen LogP contribution in [-0.4, -0.2) is 11.1 Å². The Hall–Kier alpha value is -0.790. The van der Waals surface area contributed by atoms with Crippen LogP contribution in [0.1, 0.15) is 46.0 Å². The molecule has 0 aliphatic heterocycles. The molecule has 1 N–H and O–H groups in total. The molecule has 12 heavy (non-hydrogen) atoms. The van der Waals surface area contributed by atoms with Gasteiger partial charge in [-0.25, -0.2) is 4.79 Å². The summed E-state index contributed by atoms with van der Waals surface area (Å²) in [7, 11) is 0. The van der Waals surface area contributed by atoms with Crippen molar-refractivity contribution in [3.63, 3.8) is 0 Å². The van der Waals surface area contributed by atoms with Gasteiger partial charge in [0.1, 0.15) is 0 Å². The number of hydrogen-bond acceptors (Lipinski definition) is 1. The van der Waals surface area contributed by atoms with Gasteiger partial charge in [-0.2, -0.15) is 0 Å². The quantitative estimate of drug-likeness (QED) is 0.622. The monoisotopic (exact) mass is 170 g/mol. The maximum Gasteiger partial charge on any atom is 0.331 e. The highest BCUT2D eigenvalue weighted by molar-refractivity contribution is 5.86. The minimum Gasteiger partial charge on any atom is -0.478 e. The van der Waals surface area contributed by atoms with Crippen LogP contribution in [0.4, 0.5) is 0 Å². The van der Waals surface area contributed by atoms with Crippen LogP contribution < -0.4 is 0 Å². The normalized spacial score (nSPS) is 11.7. The van der Waals surface area contributed by atoms with Crippen LogP contribution in [0.3, 0.4) is 0 Å². The summed E-state index contributed by atoms with van der Waals surface area (Å²) >= 11 is 0. The maximum absolute atomic E-state index is 10.6. The fourth-order valence-electron chi connectivity index (χ4n) is 0.982. The van der Waals surface area contributed by atoms with Crippen molar-refractivity contribution >= 4 is 5.97 Å². The molecule has 2 heteroatoms. The summed E-state index contributed by atoms with van der Waals surface area (Å²) in [4.78, 5) is 10.6. The van der Waals surface area contributed by atoms with Crippen LogP contribution in [0.2, 0.25) is 0 Å². The first-order valence-corrected chi connectivity index (χ1v) is 4.64. The lowest BCUT2D eigenvalue weighted by molar-refractivity contribution is -0.132. The van der Waals surface area contributed by atoms with Gasteiger partial charge in [-0.3, -0.25) is 0 Å². The first-order valence-electron chi connectivity index (χ1n) is 4.64. The third-order valence-corrected chi connectivity index (χ3v) is 1.75. The van der Waals surface area contributed by atoms with Gasteiger partial charge in [-0.05, 0) is 19.3 Å². The number of carboxylic acid groups (broad SMARTS) is 1. The lowest BCUT2D eigenvalue weighted by atomic mass is 10.1. The van der Waals surface area contributed by atoms with Gasteiger partial charge < -0.3 is 5.11 Å². The van der Waals surface area contributed by atoms with E-state index in [1.807, 2.05) is 6.08 Å². The number of rotatable bonds is 6. The summed E-state index contributed by atoms with van der Waals surface area (Å²) in [6.45, 7) is 4.12. The van der Waals surface area contributed by atoms with Crippen molar-refractivity contribution in [3.05, 3.63) is 11.6 Å². The lowest BCUT2D eigenvalue weighted by Crippen LogP contribution is -2.00. The second-order valence-electron chi connectivity index (χ2n) is 2.93. The van der Waals surface area contributed by atoms with Crippen LogP contribution in [0.25, 0.3) is 0 Å². The highest BCUT2D eigenvalue weighted by atomic mass is 16.4. The topological polar surface area (TPSA) is 37.3 Å². The summed E-state index contributed by atoms with van der Waals surface area (Å²) < 4.78 is 0. The number of hydrogen-bond donors (Lipinski definition) is 1. The Bertz CT molecular complexity index is 159. The number of allylic oxidation sites excluding steroid dienone is 1. The van der Waals surface area contributed by atoms with Crippen LogP contribution in [0, 0.1) is 0 Å². The van der Waals surface area contributed by atoms with E-state index in [9.17, 15) is 4.79 Å². The van der Waals surface area contributed by atoms with Gasteiger partial charge in [0.25, 0.3) is 0 Å². The molecule has 2 nitrogen and oxygen atoms in total. The van der Waals surface area contributed by atoms with Crippen molar-refractivity contribution in [3.8, 4) is 0 Å². The average molecular weight is 170 g/mol. The molecule has 0 aromatic carbocycles. The van der Waals surface area contributed by atoms with Crippen LogP contribution in [0.15, 0.2) is 11.6 Å². The van der Waals surface area contributed by atoms with Crippen molar-refractivity contribution < 1.29 is 9.90 Å². The molecule has 0 atom stereocenters. The summed E-state index contributed by atoms with van der Waals surface area (Å²) in [6, 6.07) is 0. The molecule has 0 aliphatic carbocycles. The molecule has 0 saturated heterocycles. The zero-order valence-electron chi connectivity index (χ0n) is 7.97. The Morgan fingerprint density at radius 2 is 2.00 bits per heavy atom. The molecule has 0 saturated carbocycles. The predicted octanol–water partition coefficient (Wildman–Crippen LogP) is 2.99. The lowest BCUT2D eigenvalue weighted by Gasteiger charge is -1.99. The van der Waals surface area contributed by atoms with Gasteiger partial charge in [-0.1, -0.05) is 32.8 Å². The summed E-state index contributed by atoms with van der Waals surface area (Å²) in [6.07, 6.45) is 6.48. The number of carbonyl (C=O) groups is 1. The Labute approximate surface area is 74.3 Å². The molecule has 0 rings (SSSR count). The molecule has 0 spiro atoms. The minimum absolute atomic E-state index is 0.582. The Morgan fingerprint density at radius 3 is 2.42 bits per heavy atom. The largest absolute Gasteiger partial charge is 0.478 e. The third-order valence-electron chi connectivity index (χ3n) is 1.75. The van der Waals surface area contributed by atoms with Crippen molar-refractivity contribution in [2.45, 2.75) is 46.0 Å². The second-order valence-corrected chi connectivity index (χ2v) is 2.93. The molecule has 0 radical (unpaired) electrons. The minimum atomic E-state index is -0.753. The fraction of sp³-hybridized carbons (Fsp3) is 0.700. The van der Waals surface area contributed by atoms with E-state index in [4.69, 9.17) is 5.11 Å². The van der Waals surface area contributed by atoms with E-state index in [-0.39, 0.29) is 0 Å². The van der Waals surface area contributed by atoms with Crippen LogP contribution >= 0.6 is 0 Å². The van der Waals surface area contributed by atoms with Gasteiger partial charge in [0.2, 0.25) is 0 Å². The zero-order chi connectivity index (χ0) is 9.40. The molecule has 0 heterocycles. The molecular formula is C10H18O2. The van der Waals surface area contributed by atoms with E-state index in [1.54, 1.807) is 0 Å². The van der Waals surface area contributed by atoms with Gasteiger partial charge in [-0.15, -0.1) is 0 Å². The molecule has 0 bridgehead atoms. The number of unbranched alkanes of at least 4 members (excludes halogenated alkanes) is 2. The zero-order valence-corrected chi connectivity index (χ0v) is 7.97. The van der Waals surface area contributed by atoms with Crippen molar-refractivity contribution in [1.82, 2.24) is 0 Å². The van der Waals surface area contributed by atoms with Gasteiger partial charge >= 0.3 is 5.97 Å². The molecule has 0 amide bonds. The Morgan fingerprint density at radius 1 is 1.33 bits per heavy atom. The summed E-state index contributed by atoms with van der Waals surface area (Å²) in [5.74, 6) is -0.753. The highest BCUT2D eigenvalue weighted by Crippen LogP contribution is 2.09.